The summed E-state index contributed by atoms with van der Waals surface area (Å²) >= 11 is 0. The van der Waals surface area contributed by atoms with Crippen molar-refractivity contribution in [3.63, 3.8) is 0 Å². The molecule has 2 aromatic carbocycles. The van der Waals surface area contributed by atoms with Gasteiger partial charge in [-0.1, -0.05) is 18.7 Å². The van der Waals surface area contributed by atoms with E-state index in [2.05, 4.69) is 11.5 Å². The molecule has 6 nitrogen and oxygen atoms in total. The number of ether oxygens (including phenoxy) is 1. The van der Waals surface area contributed by atoms with Crippen molar-refractivity contribution in [1.29, 1.82) is 0 Å². The molecule has 6 heteroatoms. The van der Waals surface area contributed by atoms with Crippen molar-refractivity contribution < 1.29 is 9.53 Å². The van der Waals surface area contributed by atoms with Crippen LogP contribution in [0.3, 0.4) is 0 Å². The zero-order valence-corrected chi connectivity index (χ0v) is 17.1. The molecule has 2 rings (SSSR count). The minimum absolute atomic E-state index is 0.269. The first kappa shape index (κ1) is 21.4. The third-order valence-corrected chi connectivity index (χ3v) is 4.81. The fourth-order valence-electron chi connectivity index (χ4n) is 3.17. The second-order valence-electron chi connectivity index (χ2n) is 6.60. The van der Waals surface area contributed by atoms with Crippen molar-refractivity contribution in [2.75, 3.05) is 42.6 Å². The van der Waals surface area contributed by atoms with Gasteiger partial charge < -0.3 is 14.5 Å². The molecule has 0 spiro atoms. The van der Waals surface area contributed by atoms with Gasteiger partial charge in [-0.3, -0.25) is 9.59 Å². The van der Waals surface area contributed by atoms with E-state index in [4.69, 9.17) is 4.74 Å². The summed E-state index contributed by atoms with van der Waals surface area (Å²) in [5.41, 5.74) is 2.27. The first-order valence-corrected chi connectivity index (χ1v) is 9.61. The molecular weight excluding hydrogens is 356 g/mol. The van der Waals surface area contributed by atoms with Gasteiger partial charge in [-0.25, -0.2) is 4.79 Å². The van der Waals surface area contributed by atoms with E-state index < -0.39 is 16.8 Å². The third-order valence-electron chi connectivity index (χ3n) is 4.81. The quantitative estimate of drug-likeness (QED) is 0.356. The van der Waals surface area contributed by atoms with Crippen LogP contribution in [0.5, 0.6) is 0 Å². The summed E-state index contributed by atoms with van der Waals surface area (Å²) in [5, 5.41) is 0. The van der Waals surface area contributed by atoms with Gasteiger partial charge in [-0.15, -0.1) is 0 Å². The second-order valence-corrected chi connectivity index (χ2v) is 6.60. The molecule has 0 heterocycles. The van der Waals surface area contributed by atoms with Crippen LogP contribution in [-0.4, -0.2) is 38.8 Å². The Kier molecular flexibility index (Phi) is 7.15. The standard InChI is InChI=1S/C22H28N2O4/c1-6-23(7-2)19-18(20(25)21(19)26)16-9-11-17(12-10-16)24(8-3)13-14-28-22(27)15(4)5/h9-12H,4,6-8,13-14H2,1-3,5H3. The molecule has 0 radical (unpaired) electrons. The van der Waals surface area contributed by atoms with Gasteiger partial charge in [0.15, 0.2) is 0 Å². The average molecular weight is 384 g/mol. The van der Waals surface area contributed by atoms with Crippen molar-refractivity contribution in [3.05, 3.63) is 56.9 Å². The van der Waals surface area contributed by atoms with Crippen molar-refractivity contribution in [2.24, 2.45) is 0 Å². The largest absolute Gasteiger partial charge is 0.460 e. The Labute approximate surface area is 165 Å². The summed E-state index contributed by atoms with van der Waals surface area (Å²) in [6, 6.07) is 7.56. The van der Waals surface area contributed by atoms with Crippen LogP contribution in [0.4, 0.5) is 11.4 Å². The maximum absolute atomic E-state index is 12.1. The number of esters is 1. The van der Waals surface area contributed by atoms with Crippen LogP contribution >= 0.6 is 0 Å². The number of nitrogens with zero attached hydrogens (tertiary/aromatic N) is 2. The molecule has 0 unspecified atom stereocenters. The number of rotatable bonds is 10. The number of hydrogen-bond acceptors (Lipinski definition) is 6. The van der Waals surface area contributed by atoms with Crippen LogP contribution in [0.2, 0.25) is 0 Å². The maximum atomic E-state index is 12.1. The molecule has 0 aliphatic carbocycles. The van der Waals surface area contributed by atoms with E-state index >= 15 is 0 Å². The van der Waals surface area contributed by atoms with E-state index in [1.54, 1.807) is 6.92 Å². The highest BCUT2D eigenvalue weighted by Gasteiger charge is 2.25. The summed E-state index contributed by atoms with van der Waals surface area (Å²) in [6.07, 6.45) is 0. The van der Waals surface area contributed by atoms with Gasteiger partial charge in [0.2, 0.25) is 10.9 Å². The summed E-state index contributed by atoms with van der Waals surface area (Å²) in [4.78, 5) is 39.7. The molecular formula is C22H28N2O4. The summed E-state index contributed by atoms with van der Waals surface area (Å²) in [5.74, 6) is -0.393. The summed E-state index contributed by atoms with van der Waals surface area (Å²) in [7, 11) is 0. The van der Waals surface area contributed by atoms with Crippen molar-refractivity contribution in [1.82, 2.24) is 0 Å². The molecule has 0 amide bonds. The minimum atomic E-state index is -0.422. The monoisotopic (exact) mass is 384 g/mol. The minimum Gasteiger partial charge on any atom is -0.460 e. The molecule has 0 saturated carbocycles. The lowest BCUT2D eigenvalue weighted by Gasteiger charge is -2.25. The van der Waals surface area contributed by atoms with Crippen LogP contribution in [0, 0.1) is 0 Å². The fraction of sp³-hybridized carbons (Fsp3) is 0.409. The lowest BCUT2D eigenvalue weighted by Crippen LogP contribution is -2.42. The van der Waals surface area contributed by atoms with E-state index in [1.807, 2.05) is 49.9 Å². The lowest BCUT2D eigenvalue weighted by atomic mass is 9.97. The Morgan fingerprint density at radius 1 is 0.964 bits per heavy atom. The molecule has 0 saturated heterocycles. The van der Waals surface area contributed by atoms with Crippen LogP contribution in [0.25, 0.3) is 11.1 Å². The van der Waals surface area contributed by atoms with E-state index in [-0.39, 0.29) is 6.61 Å². The van der Waals surface area contributed by atoms with Crippen LogP contribution < -0.4 is 20.7 Å². The second kappa shape index (κ2) is 9.35. The van der Waals surface area contributed by atoms with Crippen LogP contribution in [0.1, 0.15) is 27.7 Å². The predicted octanol–water partition coefficient (Wildman–Crippen LogP) is 2.74. The van der Waals surface area contributed by atoms with E-state index in [1.165, 1.54) is 0 Å². The van der Waals surface area contributed by atoms with E-state index in [9.17, 15) is 14.4 Å². The zero-order chi connectivity index (χ0) is 20.8. The Morgan fingerprint density at radius 3 is 2.04 bits per heavy atom. The number of benzene rings is 1. The average Bonchev–Trinajstić information content (AvgIpc) is 2.71. The molecule has 0 aromatic heterocycles. The normalized spacial score (nSPS) is 10.7. The van der Waals surface area contributed by atoms with Gasteiger partial charge in [-0.05, 0) is 45.4 Å². The molecule has 0 atom stereocenters. The Balaban J connectivity index is 2.16. The summed E-state index contributed by atoms with van der Waals surface area (Å²) < 4.78 is 5.16. The van der Waals surface area contributed by atoms with Gasteiger partial charge in [0.25, 0.3) is 0 Å². The van der Waals surface area contributed by atoms with E-state index in [0.29, 0.717) is 36.5 Å². The maximum Gasteiger partial charge on any atom is 0.333 e. The zero-order valence-electron chi connectivity index (χ0n) is 17.1. The van der Waals surface area contributed by atoms with Gasteiger partial charge in [0.05, 0.1) is 12.1 Å². The molecule has 0 aliphatic heterocycles. The lowest BCUT2D eigenvalue weighted by molar-refractivity contribution is -0.138. The van der Waals surface area contributed by atoms with Crippen LogP contribution in [-0.2, 0) is 9.53 Å². The highest BCUT2D eigenvalue weighted by Crippen LogP contribution is 2.28. The number of likely N-dealkylation sites (N-methyl/N-ethyl adjacent to an activating group) is 1. The molecule has 0 bridgehead atoms. The Bertz CT molecular complexity index is 904. The fourth-order valence-corrected chi connectivity index (χ4v) is 3.17. The highest BCUT2D eigenvalue weighted by atomic mass is 16.5. The Hall–Kier alpha value is -2.89. The molecule has 2 aromatic rings. The predicted molar refractivity (Wildman–Crippen MR) is 114 cm³/mol. The van der Waals surface area contributed by atoms with Crippen molar-refractivity contribution >= 4 is 17.3 Å². The van der Waals surface area contributed by atoms with Crippen molar-refractivity contribution in [3.8, 4) is 11.1 Å². The van der Waals surface area contributed by atoms with Gasteiger partial charge in [-0.2, -0.15) is 0 Å². The molecule has 28 heavy (non-hydrogen) atoms. The van der Waals surface area contributed by atoms with Gasteiger partial charge in [0.1, 0.15) is 12.3 Å². The van der Waals surface area contributed by atoms with E-state index in [0.717, 1.165) is 17.8 Å². The SMILES string of the molecule is C=C(C)C(=O)OCCN(CC)c1ccc(-c2c(N(CC)CC)c(=O)c2=O)cc1. The van der Waals surface area contributed by atoms with Gasteiger partial charge in [0, 0.05) is 30.9 Å². The molecule has 0 fully saturated rings. The summed E-state index contributed by atoms with van der Waals surface area (Å²) in [6.45, 7) is 14.1. The molecule has 150 valence electrons. The number of carbonyl (C=O) groups is 1. The smallest absolute Gasteiger partial charge is 0.333 e. The number of anilines is 2. The van der Waals surface area contributed by atoms with Crippen molar-refractivity contribution in [2.45, 2.75) is 27.7 Å². The topological polar surface area (TPSA) is 66.9 Å². The first-order valence-electron chi connectivity index (χ1n) is 9.61. The number of hydrogen-bond donors (Lipinski definition) is 0. The Morgan fingerprint density at radius 2 is 1.54 bits per heavy atom. The molecule has 0 aliphatic rings. The number of carbonyl (C=O) groups excluding carboxylic acids is 1. The third kappa shape index (κ3) is 4.32. The van der Waals surface area contributed by atoms with Gasteiger partial charge >= 0.3 is 5.97 Å². The first-order chi connectivity index (χ1) is 13.3. The van der Waals surface area contributed by atoms with Crippen LogP contribution in [0.15, 0.2) is 46.0 Å². The molecule has 0 N–H and O–H groups in total. The highest BCUT2D eigenvalue weighted by molar-refractivity contribution is 5.87.